The molecule has 0 amide bonds. The predicted octanol–water partition coefficient (Wildman–Crippen LogP) is 0.887. The van der Waals surface area contributed by atoms with Gasteiger partial charge in [-0.15, -0.1) is 11.3 Å². The normalized spacial score (nSPS) is 23.7. The Labute approximate surface area is 115 Å². The molecule has 1 aliphatic heterocycles. The number of sulfonamides is 1. The SMILES string of the molecule is Cc1cc(S(=O)(=O)NC2(C(=O)O)CCOC2)c(C)s1. The highest BCUT2D eigenvalue weighted by atomic mass is 32.2. The molecule has 8 heteroatoms. The van der Waals surface area contributed by atoms with E-state index in [9.17, 15) is 18.3 Å². The van der Waals surface area contributed by atoms with Gasteiger partial charge >= 0.3 is 5.97 Å². The lowest BCUT2D eigenvalue weighted by Gasteiger charge is -2.23. The molecule has 106 valence electrons. The lowest BCUT2D eigenvalue weighted by atomic mass is 10.0. The monoisotopic (exact) mass is 305 g/mol. The van der Waals surface area contributed by atoms with Crippen LogP contribution in [0.5, 0.6) is 0 Å². The lowest BCUT2D eigenvalue weighted by Crippen LogP contribution is -2.55. The van der Waals surface area contributed by atoms with Crippen LogP contribution in [0.1, 0.15) is 16.2 Å². The van der Waals surface area contributed by atoms with Crippen molar-refractivity contribution in [3.63, 3.8) is 0 Å². The molecule has 0 aromatic carbocycles. The molecule has 0 radical (unpaired) electrons. The van der Waals surface area contributed by atoms with Crippen LogP contribution in [0.2, 0.25) is 0 Å². The highest BCUT2D eigenvalue weighted by Gasteiger charge is 2.46. The fourth-order valence-electron chi connectivity index (χ4n) is 2.04. The van der Waals surface area contributed by atoms with Gasteiger partial charge in [-0.2, -0.15) is 4.72 Å². The first-order valence-corrected chi connectivity index (χ1v) is 7.99. The summed E-state index contributed by atoms with van der Waals surface area (Å²) >= 11 is 1.36. The predicted molar refractivity (Wildman–Crippen MR) is 69.9 cm³/mol. The molecule has 1 aromatic heterocycles. The van der Waals surface area contributed by atoms with E-state index in [1.807, 2.05) is 6.92 Å². The lowest BCUT2D eigenvalue weighted by molar-refractivity contribution is -0.144. The van der Waals surface area contributed by atoms with Crippen molar-refractivity contribution in [2.45, 2.75) is 30.7 Å². The van der Waals surface area contributed by atoms with Gasteiger partial charge in [-0.25, -0.2) is 8.42 Å². The molecule has 2 heterocycles. The van der Waals surface area contributed by atoms with E-state index < -0.39 is 21.5 Å². The number of carbonyl (C=O) groups is 1. The van der Waals surface area contributed by atoms with E-state index >= 15 is 0 Å². The van der Waals surface area contributed by atoms with Crippen LogP contribution in [-0.2, 0) is 19.6 Å². The Hall–Kier alpha value is -0.960. The molecule has 0 aliphatic carbocycles. The van der Waals surface area contributed by atoms with Crippen LogP contribution in [0.15, 0.2) is 11.0 Å². The molecule has 0 saturated carbocycles. The molecule has 2 rings (SSSR count). The number of carboxylic acids is 1. The van der Waals surface area contributed by atoms with Crippen molar-refractivity contribution >= 4 is 27.3 Å². The highest BCUT2D eigenvalue weighted by molar-refractivity contribution is 7.89. The average molecular weight is 305 g/mol. The third-order valence-corrected chi connectivity index (χ3v) is 5.80. The van der Waals surface area contributed by atoms with Crippen LogP contribution >= 0.6 is 11.3 Å². The average Bonchev–Trinajstić information content (AvgIpc) is 2.86. The second-order valence-corrected chi connectivity index (χ2v) is 7.68. The van der Waals surface area contributed by atoms with Gasteiger partial charge in [0, 0.05) is 22.8 Å². The van der Waals surface area contributed by atoms with Crippen LogP contribution in [0, 0.1) is 13.8 Å². The molecule has 6 nitrogen and oxygen atoms in total. The molecule has 1 unspecified atom stereocenters. The Morgan fingerprint density at radius 3 is 2.63 bits per heavy atom. The smallest absolute Gasteiger partial charge is 0.327 e. The molecular weight excluding hydrogens is 290 g/mol. The molecule has 0 bridgehead atoms. The van der Waals surface area contributed by atoms with Crippen molar-refractivity contribution in [2.24, 2.45) is 0 Å². The minimum atomic E-state index is -3.86. The summed E-state index contributed by atoms with van der Waals surface area (Å²) in [6.07, 6.45) is 0.129. The van der Waals surface area contributed by atoms with Crippen molar-refractivity contribution in [3.05, 3.63) is 15.8 Å². The van der Waals surface area contributed by atoms with Crippen LogP contribution in [-0.4, -0.2) is 38.2 Å². The number of hydrogen-bond donors (Lipinski definition) is 2. The Balaban J connectivity index is 2.36. The standard InChI is InChI=1S/C11H15NO5S2/c1-7-5-9(8(2)18-7)19(15,16)12-11(10(13)14)3-4-17-6-11/h5,12H,3-4,6H2,1-2H3,(H,13,14). The Bertz CT molecular complexity index is 599. The van der Waals surface area contributed by atoms with Gasteiger partial charge in [-0.1, -0.05) is 0 Å². The summed E-state index contributed by atoms with van der Waals surface area (Å²) in [6.45, 7) is 3.59. The molecule has 1 aromatic rings. The van der Waals surface area contributed by atoms with Crippen LogP contribution < -0.4 is 4.72 Å². The van der Waals surface area contributed by atoms with Crippen molar-refractivity contribution in [2.75, 3.05) is 13.2 Å². The van der Waals surface area contributed by atoms with Crippen LogP contribution in [0.4, 0.5) is 0 Å². The van der Waals surface area contributed by atoms with Gasteiger partial charge in [0.15, 0.2) is 5.54 Å². The number of thiophene rings is 1. The molecule has 1 saturated heterocycles. The second kappa shape index (κ2) is 4.86. The van der Waals surface area contributed by atoms with E-state index in [1.165, 1.54) is 11.3 Å². The molecule has 1 fully saturated rings. The van der Waals surface area contributed by atoms with E-state index in [4.69, 9.17) is 4.74 Å². The quantitative estimate of drug-likeness (QED) is 0.861. The first kappa shape index (κ1) is 14.4. The molecule has 1 atom stereocenters. The van der Waals surface area contributed by atoms with E-state index in [0.717, 1.165) is 4.88 Å². The summed E-state index contributed by atoms with van der Waals surface area (Å²) in [5.41, 5.74) is -1.55. The summed E-state index contributed by atoms with van der Waals surface area (Å²) in [5, 5.41) is 9.24. The number of aryl methyl sites for hydroxylation is 2. The summed E-state index contributed by atoms with van der Waals surface area (Å²) in [6, 6.07) is 1.55. The minimum Gasteiger partial charge on any atom is -0.480 e. The molecular formula is C11H15NO5S2. The zero-order valence-electron chi connectivity index (χ0n) is 10.6. The number of nitrogens with one attached hydrogen (secondary N) is 1. The van der Waals surface area contributed by atoms with Gasteiger partial charge < -0.3 is 9.84 Å². The van der Waals surface area contributed by atoms with Gasteiger partial charge in [-0.3, -0.25) is 4.79 Å². The van der Waals surface area contributed by atoms with Gasteiger partial charge in [0.25, 0.3) is 0 Å². The summed E-state index contributed by atoms with van der Waals surface area (Å²) in [4.78, 5) is 13.0. The Morgan fingerprint density at radius 1 is 1.53 bits per heavy atom. The van der Waals surface area contributed by atoms with Crippen molar-refractivity contribution < 1.29 is 23.1 Å². The van der Waals surface area contributed by atoms with E-state index in [1.54, 1.807) is 13.0 Å². The first-order chi connectivity index (χ1) is 8.77. The van der Waals surface area contributed by atoms with E-state index in [2.05, 4.69) is 4.72 Å². The molecule has 1 aliphatic rings. The zero-order chi connectivity index (χ0) is 14.3. The third-order valence-electron chi connectivity index (χ3n) is 3.05. The Morgan fingerprint density at radius 2 is 2.21 bits per heavy atom. The van der Waals surface area contributed by atoms with E-state index in [-0.39, 0.29) is 24.5 Å². The highest BCUT2D eigenvalue weighted by Crippen LogP contribution is 2.28. The third kappa shape index (κ3) is 2.66. The minimum absolute atomic E-state index is 0.129. The molecule has 19 heavy (non-hydrogen) atoms. The largest absolute Gasteiger partial charge is 0.480 e. The van der Waals surface area contributed by atoms with Crippen molar-refractivity contribution in [1.29, 1.82) is 0 Å². The molecule has 2 N–H and O–H groups in total. The van der Waals surface area contributed by atoms with Crippen LogP contribution in [0.25, 0.3) is 0 Å². The molecule has 0 spiro atoms. The number of hydrogen-bond acceptors (Lipinski definition) is 5. The van der Waals surface area contributed by atoms with E-state index in [0.29, 0.717) is 4.88 Å². The maximum Gasteiger partial charge on any atom is 0.327 e. The van der Waals surface area contributed by atoms with Crippen molar-refractivity contribution in [1.82, 2.24) is 4.72 Å². The van der Waals surface area contributed by atoms with Gasteiger partial charge in [-0.05, 0) is 19.9 Å². The van der Waals surface area contributed by atoms with Gasteiger partial charge in [0.2, 0.25) is 10.0 Å². The number of ether oxygens (including phenoxy) is 1. The summed E-state index contributed by atoms with van der Waals surface area (Å²) in [7, 11) is -3.86. The fraction of sp³-hybridized carbons (Fsp3) is 0.545. The Kier molecular flexibility index (Phi) is 3.69. The maximum absolute atomic E-state index is 12.3. The maximum atomic E-state index is 12.3. The second-order valence-electron chi connectivity index (χ2n) is 4.57. The zero-order valence-corrected chi connectivity index (χ0v) is 12.2. The number of aliphatic carboxylic acids is 1. The topological polar surface area (TPSA) is 92.7 Å². The first-order valence-electron chi connectivity index (χ1n) is 5.69. The van der Waals surface area contributed by atoms with Gasteiger partial charge in [0.05, 0.1) is 11.5 Å². The summed E-state index contributed by atoms with van der Waals surface area (Å²) < 4.78 is 31.9. The fourth-order valence-corrected chi connectivity index (χ4v) is 4.98. The number of carboxylic acid groups (broad SMARTS) is 1. The van der Waals surface area contributed by atoms with Crippen molar-refractivity contribution in [3.8, 4) is 0 Å². The van der Waals surface area contributed by atoms with Crippen LogP contribution in [0.3, 0.4) is 0 Å². The summed E-state index contributed by atoms with van der Waals surface area (Å²) in [5.74, 6) is -1.21. The number of rotatable bonds is 4. The van der Waals surface area contributed by atoms with Gasteiger partial charge in [0.1, 0.15) is 0 Å².